The monoisotopic (exact) mass is 472 g/mol. The predicted molar refractivity (Wildman–Crippen MR) is 113 cm³/mol. The van der Waals surface area contributed by atoms with E-state index in [0.29, 0.717) is 18.7 Å². The maximum absolute atomic E-state index is 12.6. The fraction of sp³-hybridized carbons (Fsp3) is 0.368. The highest BCUT2D eigenvalue weighted by Crippen LogP contribution is 2.37. The number of amides is 3. The van der Waals surface area contributed by atoms with Gasteiger partial charge in [-0.05, 0) is 54.8 Å². The second-order valence-corrected chi connectivity index (χ2v) is 8.51. The van der Waals surface area contributed by atoms with E-state index in [1.54, 1.807) is 4.90 Å². The standard InChI is InChI=1S/C19H18Cl2N2O6S/c20-12-6-11(7-13(21)17(12)29-10-16(25)26)8-14-18(27)23(19(28)30-14)9-15(24)22-4-2-1-3-5-22/h6-8H,1-5,9-10H2,(H,25,26). The molecular formula is C19H18Cl2N2O6S. The first kappa shape index (κ1) is 22.5. The van der Waals surface area contributed by atoms with Gasteiger partial charge in [0.05, 0.1) is 15.0 Å². The number of carbonyl (C=O) groups is 4. The van der Waals surface area contributed by atoms with Gasteiger partial charge in [0.25, 0.3) is 11.1 Å². The average molecular weight is 473 g/mol. The van der Waals surface area contributed by atoms with E-state index in [1.165, 1.54) is 18.2 Å². The van der Waals surface area contributed by atoms with E-state index >= 15 is 0 Å². The van der Waals surface area contributed by atoms with E-state index in [1.807, 2.05) is 0 Å². The Bertz CT molecular complexity index is 907. The summed E-state index contributed by atoms with van der Waals surface area (Å²) >= 11 is 12.9. The Hall–Kier alpha value is -2.23. The number of hydrogen-bond donors (Lipinski definition) is 1. The summed E-state index contributed by atoms with van der Waals surface area (Å²) in [6.45, 7) is 0.380. The number of imide groups is 1. The minimum Gasteiger partial charge on any atom is -0.479 e. The number of carbonyl (C=O) groups excluding carboxylic acids is 3. The van der Waals surface area contributed by atoms with Crippen molar-refractivity contribution in [2.75, 3.05) is 26.2 Å². The van der Waals surface area contributed by atoms with Crippen molar-refractivity contribution in [2.45, 2.75) is 19.3 Å². The molecule has 0 aromatic heterocycles. The molecule has 30 heavy (non-hydrogen) atoms. The van der Waals surface area contributed by atoms with Crippen LogP contribution in [-0.2, 0) is 14.4 Å². The number of carboxylic acids is 1. The van der Waals surface area contributed by atoms with Crippen molar-refractivity contribution < 1.29 is 29.0 Å². The summed E-state index contributed by atoms with van der Waals surface area (Å²) < 4.78 is 5.05. The van der Waals surface area contributed by atoms with Gasteiger partial charge in [0, 0.05) is 13.1 Å². The number of ether oxygens (including phenoxy) is 1. The second kappa shape index (κ2) is 9.72. The van der Waals surface area contributed by atoms with Gasteiger partial charge in [-0.2, -0.15) is 0 Å². The summed E-state index contributed by atoms with van der Waals surface area (Å²) in [4.78, 5) is 50.7. The Morgan fingerprint density at radius 2 is 1.77 bits per heavy atom. The van der Waals surface area contributed by atoms with Crippen LogP contribution in [0.4, 0.5) is 4.79 Å². The second-order valence-electron chi connectivity index (χ2n) is 6.71. The summed E-state index contributed by atoms with van der Waals surface area (Å²) in [6, 6.07) is 2.88. The van der Waals surface area contributed by atoms with Crippen LogP contribution in [0.25, 0.3) is 6.08 Å². The molecule has 3 rings (SSSR count). The van der Waals surface area contributed by atoms with Gasteiger partial charge < -0.3 is 14.7 Å². The fourth-order valence-electron chi connectivity index (χ4n) is 3.10. The average Bonchev–Trinajstić information content (AvgIpc) is 2.95. The largest absolute Gasteiger partial charge is 0.479 e. The molecule has 0 radical (unpaired) electrons. The van der Waals surface area contributed by atoms with Crippen LogP contribution < -0.4 is 4.74 Å². The normalized spacial score (nSPS) is 18.3. The summed E-state index contributed by atoms with van der Waals surface area (Å²) in [5.74, 6) is -1.98. The molecule has 2 aliphatic heterocycles. The molecule has 2 heterocycles. The summed E-state index contributed by atoms with van der Waals surface area (Å²) in [7, 11) is 0. The molecule has 0 bridgehead atoms. The molecule has 11 heteroatoms. The van der Waals surface area contributed by atoms with Gasteiger partial charge in [0.1, 0.15) is 6.54 Å². The number of benzene rings is 1. The first-order valence-electron chi connectivity index (χ1n) is 9.13. The van der Waals surface area contributed by atoms with Crippen molar-refractivity contribution in [1.29, 1.82) is 0 Å². The number of rotatable bonds is 6. The molecule has 160 valence electrons. The number of halogens is 2. The van der Waals surface area contributed by atoms with Gasteiger partial charge in [0.2, 0.25) is 5.91 Å². The van der Waals surface area contributed by atoms with Gasteiger partial charge >= 0.3 is 5.97 Å². The summed E-state index contributed by atoms with van der Waals surface area (Å²) in [5.41, 5.74) is 0.431. The summed E-state index contributed by atoms with van der Waals surface area (Å²) in [5, 5.41) is 8.31. The van der Waals surface area contributed by atoms with E-state index in [4.69, 9.17) is 33.0 Å². The van der Waals surface area contributed by atoms with Crippen molar-refractivity contribution in [1.82, 2.24) is 9.80 Å². The molecule has 1 aromatic carbocycles. The third-order valence-electron chi connectivity index (χ3n) is 4.53. The van der Waals surface area contributed by atoms with Crippen molar-refractivity contribution in [3.8, 4) is 5.75 Å². The van der Waals surface area contributed by atoms with Crippen LogP contribution in [0.3, 0.4) is 0 Å². The molecule has 0 unspecified atom stereocenters. The van der Waals surface area contributed by atoms with Crippen molar-refractivity contribution in [2.24, 2.45) is 0 Å². The molecule has 1 N–H and O–H groups in total. The van der Waals surface area contributed by atoms with Crippen molar-refractivity contribution in [3.63, 3.8) is 0 Å². The van der Waals surface area contributed by atoms with Gasteiger partial charge in [-0.25, -0.2) is 4.79 Å². The Morgan fingerprint density at radius 3 is 2.37 bits per heavy atom. The van der Waals surface area contributed by atoms with Gasteiger partial charge in [0.15, 0.2) is 12.4 Å². The minimum absolute atomic E-state index is 0.0121. The Kier molecular flexibility index (Phi) is 7.27. The van der Waals surface area contributed by atoms with E-state index in [2.05, 4.69) is 0 Å². The molecule has 2 saturated heterocycles. The molecule has 8 nitrogen and oxygen atoms in total. The smallest absolute Gasteiger partial charge is 0.341 e. The highest BCUT2D eigenvalue weighted by Gasteiger charge is 2.37. The van der Waals surface area contributed by atoms with Crippen LogP contribution >= 0.6 is 35.0 Å². The first-order chi connectivity index (χ1) is 14.3. The highest BCUT2D eigenvalue weighted by molar-refractivity contribution is 8.18. The molecule has 0 atom stereocenters. The maximum Gasteiger partial charge on any atom is 0.341 e. The topological polar surface area (TPSA) is 104 Å². The van der Waals surface area contributed by atoms with Crippen LogP contribution in [0.1, 0.15) is 24.8 Å². The number of carboxylic acid groups (broad SMARTS) is 1. The quantitative estimate of drug-likeness (QED) is 0.631. The highest BCUT2D eigenvalue weighted by atomic mass is 35.5. The predicted octanol–water partition coefficient (Wildman–Crippen LogP) is 3.51. The van der Waals surface area contributed by atoms with Crippen molar-refractivity contribution >= 4 is 64.1 Å². The lowest BCUT2D eigenvalue weighted by Gasteiger charge is -2.27. The zero-order chi connectivity index (χ0) is 21.8. The van der Waals surface area contributed by atoms with Gasteiger partial charge in [-0.15, -0.1) is 0 Å². The maximum atomic E-state index is 12.6. The SMILES string of the molecule is O=C(O)COc1c(Cl)cc(C=C2SC(=O)N(CC(=O)N3CCCCC3)C2=O)cc1Cl. The first-order valence-corrected chi connectivity index (χ1v) is 10.7. The number of piperidine rings is 1. The van der Waals surface area contributed by atoms with Crippen LogP contribution in [-0.4, -0.2) is 64.2 Å². The lowest BCUT2D eigenvalue weighted by molar-refractivity contribution is -0.139. The van der Waals surface area contributed by atoms with E-state index in [-0.39, 0.29) is 33.2 Å². The van der Waals surface area contributed by atoms with E-state index in [9.17, 15) is 19.2 Å². The lowest BCUT2D eigenvalue weighted by atomic mass is 10.1. The number of aliphatic carboxylic acids is 1. The molecule has 3 amide bonds. The van der Waals surface area contributed by atoms with E-state index < -0.39 is 23.7 Å². The number of likely N-dealkylation sites (tertiary alicyclic amines) is 1. The fourth-order valence-corrected chi connectivity index (χ4v) is 4.55. The van der Waals surface area contributed by atoms with Crippen LogP contribution in [0.2, 0.25) is 10.0 Å². The van der Waals surface area contributed by atoms with Gasteiger partial charge in [-0.1, -0.05) is 23.2 Å². The third-order valence-corrected chi connectivity index (χ3v) is 6.00. The minimum atomic E-state index is -1.18. The summed E-state index contributed by atoms with van der Waals surface area (Å²) in [6.07, 6.45) is 4.34. The Labute approximate surface area is 186 Å². The van der Waals surface area contributed by atoms with Crippen LogP contribution in [0, 0.1) is 0 Å². The zero-order valence-electron chi connectivity index (χ0n) is 15.7. The Morgan fingerprint density at radius 1 is 1.13 bits per heavy atom. The lowest BCUT2D eigenvalue weighted by Crippen LogP contribution is -2.44. The number of thioether (sulfide) groups is 1. The van der Waals surface area contributed by atoms with Crippen molar-refractivity contribution in [3.05, 3.63) is 32.6 Å². The van der Waals surface area contributed by atoms with Crippen LogP contribution in [0.5, 0.6) is 5.75 Å². The molecule has 0 saturated carbocycles. The zero-order valence-corrected chi connectivity index (χ0v) is 18.1. The van der Waals surface area contributed by atoms with Gasteiger partial charge in [-0.3, -0.25) is 19.3 Å². The third kappa shape index (κ3) is 5.27. The molecule has 1 aromatic rings. The Balaban J connectivity index is 1.73. The van der Waals surface area contributed by atoms with E-state index in [0.717, 1.165) is 35.9 Å². The molecule has 0 aliphatic carbocycles. The molecule has 2 aliphatic rings. The molecular weight excluding hydrogens is 455 g/mol. The van der Waals surface area contributed by atoms with Crippen LogP contribution in [0.15, 0.2) is 17.0 Å². The molecule has 2 fully saturated rings. The number of nitrogens with zero attached hydrogens (tertiary/aromatic N) is 2. The number of hydrogen-bond acceptors (Lipinski definition) is 6. The molecule has 0 spiro atoms.